The average Bonchev–Trinajstić information content (AvgIpc) is 2.98. The Labute approximate surface area is 154 Å². The smallest absolute Gasteiger partial charge is 0.228 e. The molecule has 0 spiro atoms. The van der Waals surface area contributed by atoms with Gasteiger partial charge in [0.1, 0.15) is 17.3 Å². The van der Waals surface area contributed by atoms with Crippen LogP contribution in [-0.2, 0) is 0 Å². The van der Waals surface area contributed by atoms with E-state index in [0.717, 1.165) is 38.1 Å². The zero-order chi connectivity index (χ0) is 16.7. The molecule has 0 saturated carbocycles. The van der Waals surface area contributed by atoms with Crippen molar-refractivity contribution in [2.45, 2.75) is 11.8 Å². The van der Waals surface area contributed by atoms with Gasteiger partial charge in [0.15, 0.2) is 0 Å². The Morgan fingerprint density at radius 3 is 2.79 bits per heavy atom. The molecule has 0 fully saturated rings. The van der Waals surface area contributed by atoms with Crippen molar-refractivity contribution >= 4 is 52.2 Å². The number of rotatable bonds is 2. The fourth-order valence-electron chi connectivity index (χ4n) is 2.80. The molecule has 4 rings (SSSR count). The van der Waals surface area contributed by atoms with Crippen LogP contribution in [0.25, 0.3) is 33.3 Å². The molecule has 0 unspecified atom stereocenters. The van der Waals surface area contributed by atoms with E-state index in [-0.39, 0.29) is 0 Å². The first-order chi connectivity index (χ1) is 11.7. The van der Waals surface area contributed by atoms with Crippen molar-refractivity contribution in [2.24, 2.45) is 0 Å². The van der Waals surface area contributed by atoms with Crippen LogP contribution in [0.4, 0.5) is 0 Å². The van der Waals surface area contributed by atoms with E-state index in [1.54, 1.807) is 15.0 Å². The van der Waals surface area contributed by atoms with Gasteiger partial charge in [-0.2, -0.15) is 5.26 Å². The molecule has 3 heterocycles. The Hall–Kier alpha value is -2.11. The standard InChI is InChI=1S/C18H10IN3OS/c1-10-2-4-13-14-5-3-11(9-20)22-18(14)23-17(13)16(10)15-8-12(24-19)6-7-21-15/h2-8H,1H3. The number of aromatic nitrogens is 2. The Morgan fingerprint density at radius 1 is 1.17 bits per heavy atom. The normalized spacial score (nSPS) is 11.0. The molecule has 0 saturated heterocycles. The van der Waals surface area contributed by atoms with Crippen LogP contribution in [0.3, 0.4) is 0 Å². The maximum atomic E-state index is 9.04. The fraction of sp³-hybridized carbons (Fsp3) is 0.0556. The fourth-order valence-corrected chi connectivity index (χ4v) is 3.89. The summed E-state index contributed by atoms with van der Waals surface area (Å²) in [4.78, 5) is 9.94. The third-order valence-corrected chi connectivity index (χ3v) is 5.86. The lowest BCUT2D eigenvalue weighted by molar-refractivity contribution is 0.654. The predicted octanol–water partition coefficient (Wildman–Crippen LogP) is 5.67. The first-order valence-corrected chi connectivity index (χ1v) is 10.5. The van der Waals surface area contributed by atoms with Crippen molar-refractivity contribution in [3.05, 3.63) is 53.9 Å². The zero-order valence-electron chi connectivity index (χ0n) is 12.6. The number of hydrogen-bond acceptors (Lipinski definition) is 5. The lowest BCUT2D eigenvalue weighted by Crippen LogP contribution is -1.88. The molecule has 0 amide bonds. The lowest BCUT2D eigenvalue weighted by Gasteiger charge is -2.07. The molecular formula is C18H10IN3OS. The van der Waals surface area contributed by atoms with Crippen LogP contribution in [0.1, 0.15) is 11.3 Å². The molecule has 6 heteroatoms. The third-order valence-electron chi connectivity index (χ3n) is 3.91. The summed E-state index contributed by atoms with van der Waals surface area (Å²) in [5, 5.41) is 10.9. The van der Waals surface area contributed by atoms with Gasteiger partial charge in [-0.05, 0) is 36.8 Å². The summed E-state index contributed by atoms with van der Waals surface area (Å²) in [6.07, 6.45) is 1.81. The van der Waals surface area contributed by atoms with Crippen molar-refractivity contribution in [3.63, 3.8) is 0 Å². The minimum atomic E-state index is 0.348. The molecule has 3 aromatic heterocycles. The van der Waals surface area contributed by atoms with Gasteiger partial charge in [-0.3, -0.25) is 4.98 Å². The molecule has 116 valence electrons. The van der Waals surface area contributed by atoms with Crippen LogP contribution in [0.15, 0.2) is 51.9 Å². The van der Waals surface area contributed by atoms with Crippen LogP contribution in [0.5, 0.6) is 0 Å². The Balaban J connectivity index is 2.07. The van der Waals surface area contributed by atoms with Crippen molar-refractivity contribution in [1.82, 2.24) is 9.97 Å². The molecule has 4 nitrogen and oxygen atoms in total. The van der Waals surface area contributed by atoms with Gasteiger partial charge in [-0.25, -0.2) is 4.98 Å². The maximum absolute atomic E-state index is 9.04. The molecular weight excluding hydrogens is 433 g/mol. The summed E-state index contributed by atoms with van der Waals surface area (Å²) in [6.45, 7) is 2.04. The second-order valence-corrected chi connectivity index (χ2v) is 7.30. The van der Waals surface area contributed by atoms with E-state index in [4.69, 9.17) is 9.68 Å². The predicted molar refractivity (Wildman–Crippen MR) is 104 cm³/mol. The minimum absolute atomic E-state index is 0.348. The van der Waals surface area contributed by atoms with Crippen molar-refractivity contribution in [3.8, 4) is 17.3 Å². The first kappa shape index (κ1) is 15.4. The number of halogens is 1. The van der Waals surface area contributed by atoms with Gasteiger partial charge in [-0.1, -0.05) is 21.1 Å². The van der Waals surface area contributed by atoms with E-state index < -0.39 is 0 Å². The second-order valence-electron chi connectivity index (χ2n) is 5.35. The molecule has 24 heavy (non-hydrogen) atoms. The highest BCUT2D eigenvalue weighted by Gasteiger charge is 2.16. The van der Waals surface area contributed by atoms with Gasteiger partial charge in [0.05, 0.1) is 5.69 Å². The van der Waals surface area contributed by atoms with Gasteiger partial charge in [0.2, 0.25) is 5.71 Å². The van der Waals surface area contributed by atoms with Crippen LogP contribution in [0.2, 0.25) is 0 Å². The second kappa shape index (κ2) is 6.07. The van der Waals surface area contributed by atoms with Crippen LogP contribution < -0.4 is 0 Å². The molecule has 0 N–H and O–H groups in total. The topological polar surface area (TPSA) is 62.7 Å². The largest absolute Gasteiger partial charge is 0.437 e. The highest BCUT2D eigenvalue weighted by atomic mass is 127. The Morgan fingerprint density at radius 2 is 2.00 bits per heavy atom. The van der Waals surface area contributed by atoms with Gasteiger partial charge >= 0.3 is 0 Å². The number of aryl methyl sites for hydroxylation is 1. The van der Waals surface area contributed by atoms with E-state index >= 15 is 0 Å². The maximum Gasteiger partial charge on any atom is 0.228 e. The number of hydrogen-bond donors (Lipinski definition) is 0. The SMILES string of the molecule is Cc1ccc2c(oc3nc(C#N)ccc32)c1-c1cc(SI)ccn1. The quantitative estimate of drug-likeness (QED) is 0.374. The summed E-state index contributed by atoms with van der Waals surface area (Å²) in [7, 11) is 1.65. The molecule has 0 aliphatic heterocycles. The Kier molecular flexibility index (Phi) is 3.90. The van der Waals surface area contributed by atoms with Gasteiger partial charge < -0.3 is 4.42 Å². The molecule has 1 aromatic carbocycles. The molecule has 0 radical (unpaired) electrons. The van der Waals surface area contributed by atoms with E-state index in [9.17, 15) is 0 Å². The van der Waals surface area contributed by atoms with E-state index in [0.29, 0.717) is 11.4 Å². The lowest BCUT2D eigenvalue weighted by atomic mass is 10.0. The summed E-state index contributed by atoms with van der Waals surface area (Å²) in [5.74, 6) is 0. The van der Waals surface area contributed by atoms with E-state index in [1.807, 2.05) is 37.4 Å². The molecule has 0 atom stereocenters. The van der Waals surface area contributed by atoms with Crippen molar-refractivity contribution in [2.75, 3.05) is 0 Å². The van der Waals surface area contributed by atoms with Crippen LogP contribution in [0, 0.1) is 18.3 Å². The number of fused-ring (bicyclic) bond motifs is 3. The summed E-state index contributed by atoms with van der Waals surface area (Å²) < 4.78 is 6.02. The van der Waals surface area contributed by atoms with Crippen molar-refractivity contribution in [1.29, 1.82) is 5.26 Å². The highest BCUT2D eigenvalue weighted by Crippen LogP contribution is 2.38. The van der Waals surface area contributed by atoms with Crippen LogP contribution >= 0.6 is 30.1 Å². The number of furan rings is 1. The van der Waals surface area contributed by atoms with Crippen LogP contribution in [-0.4, -0.2) is 9.97 Å². The minimum Gasteiger partial charge on any atom is -0.437 e. The molecule has 4 aromatic rings. The zero-order valence-corrected chi connectivity index (χ0v) is 15.6. The van der Waals surface area contributed by atoms with Gasteiger partial charge in [0, 0.05) is 48.6 Å². The molecule has 0 aliphatic carbocycles. The average molecular weight is 443 g/mol. The molecule has 0 bridgehead atoms. The number of nitrogens with zero attached hydrogens (tertiary/aromatic N) is 3. The summed E-state index contributed by atoms with van der Waals surface area (Å²) in [6, 6.07) is 13.8. The summed E-state index contributed by atoms with van der Waals surface area (Å²) in [5.41, 5.74) is 4.52. The van der Waals surface area contributed by atoms with E-state index in [1.165, 1.54) is 0 Å². The summed E-state index contributed by atoms with van der Waals surface area (Å²) >= 11 is 2.26. The third kappa shape index (κ3) is 2.44. The highest BCUT2D eigenvalue weighted by molar-refractivity contribution is 14.2. The van der Waals surface area contributed by atoms with Gasteiger partial charge in [0.25, 0.3) is 0 Å². The molecule has 0 aliphatic rings. The first-order valence-electron chi connectivity index (χ1n) is 7.19. The number of nitriles is 1. The van der Waals surface area contributed by atoms with Gasteiger partial charge in [-0.15, -0.1) is 0 Å². The Bertz CT molecular complexity index is 1130. The van der Waals surface area contributed by atoms with Crippen molar-refractivity contribution < 1.29 is 4.42 Å². The number of pyridine rings is 2. The number of benzene rings is 1. The van der Waals surface area contributed by atoms with E-state index in [2.05, 4.69) is 43.3 Å². The monoisotopic (exact) mass is 443 g/mol.